The predicted molar refractivity (Wildman–Crippen MR) is 112 cm³/mol. The van der Waals surface area contributed by atoms with Gasteiger partial charge in [0.05, 0.1) is 5.92 Å². The third-order valence-electron chi connectivity index (χ3n) is 5.06. The smallest absolute Gasteiger partial charge is 0.258 e. The van der Waals surface area contributed by atoms with Crippen molar-refractivity contribution in [3.63, 3.8) is 0 Å². The molecule has 5 heteroatoms. The molecule has 27 heavy (non-hydrogen) atoms. The van der Waals surface area contributed by atoms with Crippen LogP contribution in [0.5, 0.6) is 0 Å². The van der Waals surface area contributed by atoms with Crippen molar-refractivity contribution in [1.29, 1.82) is 0 Å². The van der Waals surface area contributed by atoms with Gasteiger partial charge in [0.15, 0.2) is 0 Å². The highest BCUT2D eigenvalue weighted by Gasteiger charge is 2.17. The van der Waals surface area contributed by atoms with E-state index in [4.69, 9.17) is 11.6 Å². The maximum atomic E-state index is 12.8. The first-order chi connectivity index (χ1) is 12.9. The highest BCUT2D eigenvalue weighted by atomic mass is 35.5. The fraction of sp³-hybridized carbons (Fsp3) is 0.273. The van der Waals surface area contributed by atoms with E-state index in [0.29, 0.717) is 16.1 Å². The van der Waals surface area contributed by atoms with E-state index in [1.165, 1.54) is 0 Å². The molecule has 1 heterocycles. The zero-order valence-corrected chi connectivity index (χ0v) is 16.5. The van der Waals surface area contributed by atoms with E-state index < -0.39 is 0 Å². The molecular weight excluding hydrogens is 360 g/mol. The molecular formula is C22H23ClN2O2. The topological polar surface area (TPSA) is 51.1 Å². The Labute approximate surface area is 163 Å². The van der Waals surface area contributed by atoms with Crippen LogP contribution in [-0.4, -0.2) is 10.5 Å². The molecule has 140 valence electrons. The Kier molecular flexibility index (Phi) is 5.66. The second-order valence-electron chi connectivity index (χ2n) is 6.81. The van der Waals surface area contributed by atoms with Crippen molar-refractivity contribution in [3.8, 4) is 0 Å². The average molecular weight is 383 g/mol. The maximum absolute atomic E-state index is 12.8. The number of amides is 1. The lowest BCUT2D eigenvalue weighted by Crippen LogP contribution is -2.23. The Morgan fingerprint density at radius 2 is 1.78 bits per heavy atom. The summed E-state index contributed by atoms with van der Waals surface area (Å²) in [5.74, 6) is -0.464. The molecule has 1 aromatic heterocycles. The van der Waals surface area contributed by atoms with Gasteiger partial charge in [-0.1, -0.05) is 36.7 Å². The van der Waals surface area contributed by atoms with Crippen LogP contribution < -0.4 is 10.9 Å². The minimum atomic E-state index is -0.335. The first-order valence-corrected chi connectivity index (χ1v) is 9.50. The van der Waals surface area contributed by atoms with Crippen molar-refractivity contribution in [2.24, 2.45) is 0 Å². The number of aromatic nitrogens is 1. The second kappa shape index (κ2) is 7.97. The van der Waals surface area contributed by atoms with Crippen molar-refractivity contribution >= 4 is 34.0 Å². The molecule has 0 radical (unpaired) electrons. The van der Waals surface area contributed by atoms with E-state index >= 15 is 0 Å². The van der Waals surface area contributed by atoms with Crippen LogP contribution in [0.25, 0.3) is 10.8 Å². The van der Waals surface area contributed by atoms with Gasteiger partial charge < -0.3 is 9.88 Å². The number of carbonyl (C=O) groups excluding carboxylic acids is 1. The summed E-state index contributed by atoms with van der Waals surface area (Å²) in [5.41, 5.74) is 1.49. The van der Waals surface area contributed by atoms with Gasteiger partial charge in [-0.25, -0.2) is 0 Å². The Morgan fingerprint density at radius 3 is 2.44 bits per heavy atom. The highest BCUT2D eigenvalue weighted by molar-refractivity contribution is 6.30. The first-order valence-electron chi connectivity index (χ1n) is 9.12. The molecule has 1 N–H and O–H groups in total. The van der Waals surface area contributed by atoms with E-state index in [2.05, 4.69) is 12.2 Å². The Bertz CT molecular complexity index is 1020. The van der Waals surface area contributed by atoms with E-state index in [9.17, 15) is 9.59 Å². The van der Waals surface area contributed by atoms with Gasteiger partial charge in [-0.05, 0) is 56.2 Å². The van der Waals surface area contributed by atoms with E-state index in [-0.39, 0.29) is 23.4 Å². The number of rotatable bonds is 5. The lowest BCUT2D eigenvalue weighted by Gasteiger charge is -2.16. The lowest BCUT2D eigenvalue weighted by atomic mass is 10.00. The van der Waals surface area contributed by atoms with Crippen LogP contribution >= 0.6 is 11.6 Å². The van der Waals surface area contributed by atoms with Crippen LogP contribution in [0.2, 0.25) is 5.02 Å². The summed E-state index contributed by atoms with van der Waals surface area (Å²) in [7, 11) is 0. The molecule has 0 aliphatic carbocycles. The van der Waals surface area contributed by atoms with Crippen LogP contribution in [0.4, 0.5) is 5.69 Å². The van der Waals surface area contributed by atoms with Gasteiger partial charge in [0.1, 0.15) is 0 Å². The third-order valence-corrected chi connectivity index (χ3v) is 5.31. The van der Waals surface area contributed by atoms with Crippen LogP contribution in [0.1, 0.15) is 44.7 Å². The summed E-state index contributed by atoms with van der Waals surface area (Å²) in [4.78, 5) is 25.5. The van der Waals surface area contributed by atoms with Crippen LogP contribution in [0, 0.1) is 0 Å². The summed E-state index contributed by atoms with van der Waals surface area (Å²) in [6.45, 7) is 5.92. The molecule has 0 saturated carbocycles. The molecule has 2 aromatic carbocycles. The fourth-order valence-electron chi connectivity index (χ4n) is 3.09. The Hall–Kier alpha value is -2.59. The third kappa shape index (κ3) is 3.91. The number of pyridine rings is 1. The lowest BCUT2D eigenvalue weighted by molar-refractivity contribution is -0.117. The number of hydrogen-bond acceptors (Lipinski definition) is 2. The summed E-state index contributed by atoms with van der Waals surface area (Å²) in [5, 5.41) is 4.96. The number of benzene rings is 2. The largest absolute Gasteiger partial charge is 0.325 e. The molecule has 4 nitrogen and oxygen atoms in total. The maximum Gasteiger partial charge on any atom is 0.258 e. The molecule has 1 unspecified atom stereocenters. The fourth-order valence-corrected chi connectivity index (χ4v) is 3.22. The molecule has 0 bridgehead atoms. The zero-order chi connectivity index (χ0) is 19.6. The van der Waals surface area contributed by atoms with E-state index in [0.717, 1.165) is 17.4 Å². The van der Waals surface area contributed by atoms with E-state index in [1.807, 2.05) is 38.1 Å². The van der Waals surface area contributed by atoms with Crippen LogP contribution in [0.3, 0.4) is 0 Å². The van der Waals surface area contributed by atoms with Crippen molar-refractivity contribution < 1.29 is 4.79 Å². The molecule has 0 aliphatic heterocycles. The summed E-state index contributed by atoms with van der Waals surface area (Å²) >= 11 is 5.92. The Balaban J connectivity index is 1.93. The van der Waals surface area contributed by atoms with Crippen LogP contribution in [-0.2, 0) is 4.79 Å². The predicted octanol–water partition coefficient (Wildman–Crippen LogP) is 5.37. The quantitative estimate of drug-likeness (QED) is 0.645. The summed E-state index contributed by atoms with van der Waals surface area (Å²) < 4.78 is 1.74. The summed E-state index contributed by atoms with van der Waals surface area (Å²) in [6, 6.07) is 14.7. The first kappa shape index (κ1) is 19.2. The minimum Gasteiger partial charge on any atom is -0.325 e. The average Bonchev–Trinajstić information content (AvgIpc) is 2.68. The number of nitrogens with one attached hydrogen (secondary N) is 1. The second-order valence-corrected chi connectivity index (χ2v) is 7.25. The van der Waals surface area contributed by atoms with Gasteiger partial charge in [-0.15, -0.1) is 0 Å². The van der Waals surface area contributed by atoms with Crippen molar-refractivity contribution in [2.45, 2.75) is 39.2 Å². The number of halogens is 1. The van der Waals surface area contributed by atoms with Crippen molar-refractivity contribution in [3.05, 3.63) is 75.7 Å². The number of nitrogens with zero attached hydrogens (tertiary/aromatic N) is 1. The number of carbonyl (C=O) groups is 1. The normalized spacial score (nSPS) is 13.3. The van der Waals surface area contributed by atoms with Crippen LogP contribution in [0.15, 0.2) is 59.5 Å². The van der Waals surface area contributed by atoms with Crippen molar-refractivity contribution in [2.75, 3.05) is 5.32 Å². The number of fused-ring (bicyclic) bond motifs is 1. The van der Waals surface area contributed by atoms with Crippen molar-refractivity contribution in [1.82, 2.24) is 4.57 Å². The molecule has 2 atom stereocenters. The van der Waals surface area contributed by atoms with Gasteiger partial charge in [-0.2, -0.15) is 0 Å². The van der Waals surface area contributed by atoms with Gasteiger partial charge in [0.2, 0.25) is 5.91 Å². The number of hydrogen-bond donors (Lipinski definition) is 1. The van der Waals surface area contributed by atoms with Gasteiger partial charge in [-0.3, -0.25) is 9.59 Å². The van der Waals surface area contributed by atoms with Gasteiger partial charge >= 0.3 is 0 Å². The highest BCUT2D eigenvalue weighted by Crippen LogP contribution is 2.25. The monoisotopic (exact) mass is 382 g/mol. The molecule has 3 aromatic rings. The molecule has 0 spiro atoms. The molecule has 0 saturated heterocycles. The SMILES string of the molecule is CC[C@H](C)n1ccc2c(NC(=O)C(C)c3ccc(Cl)cc3)cccc2c1=O. The molecule has 3 rings (SSSR count). The zero-order valence-electron chi connectivity index (χ0n) is 15.7. The molecule has 0 fully saturated rings. The summed E-state index contributed by atoms with van der Waals surface area (Å²) in [6.07, 6.45) is 2.68. The molecule has 1 amide bonds. The van der Waals surface area contributed by atoms with Gasteiger partial charge in [0, 0.05) is 33.7 Å². The molecule has 0 aliphatic rings. The van der Waals surface area contributed by atoms with Gasteiger partial charge in [0.25, 0.3) is 5.56 Å². The standard InChI is InChI=1S/C22H23ClN2O2/c1-4-14(2)25-13-12-18-19(22(25)27)6-5-7-20(18)24-21(26)15(3)16-8-10-17(23)11-9-16/h5-15H,4H2,1-3H3,(H,24,26)/t14-,15?/m0/s1. The Morgan fingerprint density at radius 1 is 1.07 bits per heavy atom. The van der Waals surface area contributed by atoms with E-state index in [1.54, 1.807) is 35.0 Å². The minimum absolute atomic E-state index is 0.0382. The number of anilines is 1.